The lowest BCUT2D eigenvalue weighted by Crippen LogP contribution is -1.77. The lowest BCUT2D eigenvalue weighted by molar-refractivity contribution is 1.70. The zero-order valence-electron chi connectivity index (χ0n) is 6.22. The van der Waals surface area contributed by atoms with E-state index in [0.717, 1.165) is 8.59 Å². The first-order valence-electron chi connectivity index (χ1n) is 3.62. The first-order valence-corrected chi connectivity index (χ1v) is 5.07. The van der Waals surface area contributed by atoms with Crippen molar-refractivity contribution in [1.82, 2.24) is 0 Å². The van der Waals surface area contributed by atoms with Crippen LogP contribution in [0.25, 0.3) is 10.8 Å². The van der Waals surface area contributed by atoms with E-state index in [1.165, 1.54) is 10.8 Å². The van der Waals surface area contributed by atoms with E-state index in [9.17, 15) is 0 Å². The number of hydrogen-bond acceptors (Lipinski definition) is 0. The predicted molar refractivity (Wildman–Crippen MR) is 61.7 cm³/mol. The molecule has 0 unspecified atom stereocenters. The van der Waals surface area contributed by atoms with Gasteiger partial charge in [0.05, 0.1) is 5.02 Å². The molecule has 2 heteroatoms. The lowest BCUT2D eigenvalue weighted by Gasteiger charge is -2.01. The minimum atomic E-state index is 0.828. The number of hydrogen-bond donors (Lipinski definition) is 0. The second-order valence-electron chi connectivity index (χ2n) is 2.58. The van der Waals surface area contributed by atoms with Gasteiger partial charge in [0.15, 0.2) is 0 Å². The normalized spacial score (nSPS) is 10.5. The van der Waals surface area contributed by atoms with Gasteiger partial charge in [0, 0.05) is 3.57 Å². The molecule has 0 atom stereocenters. The Morgan fingerprint density at radius 1 is 1.00 bits per heavy atom. The van der Waals surface area contributed by atoms with Crippen molar-refractivity contribution in [2.75, 3.05) is 0 Å². The molecule has 0 N–H and O–H groups in total. The van der Waals surface area contributed by atoms with E-state index in [2.05, 4.69) is 34.7 Å². The van der Waals surface area contributed by atoms with E-state index < -0.39 is 0 Å². The summed E-state index contributed by atoms with van der Waals surface area (Å²) in [4.78, 5) is 0. The van der Waals surface area contributed by atoms with Gasteiger partial charge in [-0.2, -0.15) is 0 Å². The fraction of sp³-hybridized carbons (Fsp3) is 0. The van der Waals surface area contributed by atoms with Crippen molar-refractivity contribution in [2.45, 2.75) is 0 Å². The molecule has 0 amide bonds. The Labute approximate surface area is 89.7 Å². The lowest BCUT2D eigenvalue weighted by atomic mass is 10.1. The zero-order valence-corrected chi connectivity index (χ0v) is 9.13. The molecule has 0 aromatic heterocycles. The molecule has 2 rings (SSSR count). The molecule has 0 aliphatic rings. The number of benzene rings is 2. The maximum absolute atomic E-state index is 5.98. The summed E-state index contributed by atoms with van der Waals surface area (Å²) in [7, 11) is 0. The van der Waals surface area contributed by atoms with E-state index in [0.29, 0.717) is 0 Å². The molecule has 0 fully saturated rings. The highest BCUT2D eigenvalue weighted by Gasteiger charge is 2.00. The monoisotopic (exact) mass is 288 g/mol. The Bertz CT molecular complexity index is 423. The van der Waals surface area contributed by atoms with Crippen molar-refractivity contribution < 1.29 is 0 Å². The summed E-state index contributed by atoms with van der Waals surface area (Å²) in [6.45, 7) is 0. The third kappa shape index (κ3) is 1.31. The van der Waals surface area contributed by atoms with Crippen LogP contribution in [0.5, 0.6) is 0 Å². The van der Waals surface area contributed by atoms with Gasteiger partial charge in [-0.1, -0.05) is 41.9 Å². The molecular weight excluding hydrogens is 282 g/mol. The van der Waals surface area contributed by atoms with E-state index in [4.69, 9.17) is 11.6 Å². The molecule has 0 bridgehead atoms. The second-order valence-corrected chi connectivity index (χ2v) is 4.07. The molecule has 2 aromatic carbocycles. The topological polar surface area (TPSA) is 0 Å². The highest BCUT2D eigenvalue weighted by molar-refractivity contribution is 14.1. The van der Waals surface area contributed by atoms with Gasteiger partial charge in [-0.15, -0.1) is 0 Å². The van der Waals surface area contributed by atoms with Crippen LogP contribution in [0, 0.1) is 3.57 Å². The maximum Gasteiger partial charge on any atom is 0.0545 e. The van der Waals surface area contributed by atoms with Crippen molar-refractivity contribution in [3.05, 3.63) is 45.0 Å². The third-order valence-electron chi connectivity index (χ3n) is 1.82. The predicted octanol–water partition coefficient (Wildman–Crippen LogP) is 4.10. The molecule has 0 nitrogen and oxygen atoms in total. The average Bonchev–Trinajstić information content (AvgIpc) is 2.12. The first kappa shape index (κ1) is 8.32. The van der Waals surface area contributed by atoms with Crippen LogP contribution in [-0.2, 0) is 0 Å². The summed E-state index contributed by atoms with van der Waals surface area (Å²) in [5.41, 5.74) is 0. The molecule has 0 saturated heterocycles. The number of fused-ring (bicyclic) bond motifs is 1. The van der Waals surface area contributed by atoms with Crippen LogP contribution in [-0.4, -0.2) is 0 Å². The zero-order chi connectivity index (χ0) is 8.55. The fourth-order valence-electron chi connectivity index (χ4n) is 1.21. The summed E-state index contributed by atoms with van der Waals surface area (Å²) in [5.74, 6) is 0. The molecule has 0 heterocycles. The highest BCUT2D eigenvalue weighted by atomic mass is 127. The van der Waals surface area contributed by atoms with Crippen LogP contribution >= 0.6 is 34.2 Å². The van der Waals surface area contributed by atoms with Gasteiger partial charge >= 0.3 is 0 Å². The Morgan fingerprint density at radius 2 is 1.75 bits per heavy atom. The highest BCUT2D eigenvalue weighted by Crippen LogP contribution is 2.26. The van der Waals surface area contributed by atoms with Crippen molar-refractivity contribution in [2.24, 2.45) is 0 Å². The van der Waals surface area contributed by atoms with Gasteiger partial charge in [-0.3, -0.25) is 0 Å². The summed E-state index contributed by atoms with van der Waals surface area (Å²) in [6.07, 6.45) is 0. The molecule has 0 spiro atoms. The molecule has 12 heavy (non-hydrogen) atoms. The third-order valence-corrected chi connectivity index (χ3v) is 3.61. The van der Waals surface area contributed by atoms with Gasteiger partial charge in [-0.05, 0) is 39.4 Å². The van der Waals surface area contributed by atoms with E-state index >= 15 is 0 Å². The van der Waals surface area contributed by atoms with Gasteiger partial charge in [-0.25, -0.2) is 0 Å². The number of rotatable bonds is 0. The van der Waals surface area contributed by atoms with Crippen LogP contribution in [0.1, 0.15) is 0 Å². The van der Waals surface area contributed by atoms with Crippen LogP contribution in [0.3, 0.4) is 0 Å². The smallest absolute Gasteiger partial charge is 0.0545 e. The van der Waals surface area contributed by atoms with Crippen LogP contribution in [0.2, 0.25) is 5.02 Å². The Morgan fingerprint density at radius 3 is 2.58 bits per heavy atom. The minimum absolute atomic E-state index is 0.828. The maximum atomic E-state index is 5.98. The summed E-state index contributed by atoms with van der Waals surface area (Å²) in [5, 5.41) is 3.30. The average molecular weight is 289 g/mol. The molecule has 0 radical (unpaired) electrons. The number of halogens is 2. The Hall–Kier alpha value is -0.280. The van der Waals surface area contributed by atoms with E-state index in [1.807, 2.05) is 24.3 Å². The quantitative estimate of drug-likeness (QED) is 0.640. The summed E-state index contributed by atoms with van der Waals surface area (Å²) >= 11 is 8.25. The van der Waals surface area contributed by atoms with Gasteiger partial charge in [0.1, 0.15) is 0 Å². The molecule has 60 valence electrons. The largest absolute Gasteiger partial charge is 0.0832 e. The summed E-state index contributed by atoms with van der Waals surface area (Å²) in [6, 6.07) is 12.2. The Kier molecular flexibility index (Phi) is 2.24. The minimum Gasteiger partial charge on any atom is -0.0832 e. The SMILES string of the molecule is Clc1ccc2ccccc2c1I. The molecule has 2 aromatic rings. The van der Waals surface area contributed by atoms with Crippen molar-refractivity contribution in [3.8, 4) is 0 Å². The fourth-order valence-corrected chi connectivity index (χ4v) is 2.04. The molecular formula is C10H6ClI. The van der Waals surface area contributed by atoms with Gasteiger partial charge < -0.3 is 0 Å². The second kappa shape index (κ2) is 3.23. The van der Waals surface area contributed by atoms with Gasteiger partial charge in [0.2, 0.25) is 0 Å². The summed E-state index contributed by atoms with van der Waals surface area (Å²) < 4.78 is 1.13. The van der Waals surface area contributed by atoms with E-state index in [1.54, 1.807) is 0 Å². The molecule has 0 aliphatic heterocycles. The van der Waals surface area contributed by atoms with Crippen LogP contribution < -0.4 is 0 Å². The van der Waals surface area contributed by atoms with Crippen LogP contribution in [0.15, 0.2) is 36.4 Å². The Balaban J connectivity index is 2.91. The van der Waals surface area contributed by atoms with Crippen LogP contribution in [0.4, 0.5) is 0 Å². The van der Waals surface area contributed by atoms with Crippen molar-refractivity contribution >= 4 is 45.0 Å². The first-order chi connectivity index (χ1) is 5.79. The molecule has 0 aliphatic carbocycles. The van der Waals surface area contributed by atoms with E-state index in [-0.39, 0.29) is 0 Å². The molecule has 0 saturated carbocycles. The van der Waals surface area contributed by atoms with Gasteiger partial charge in [0.25, 0.3) is 0 Å². The van der Waals surface area contributed by atoms with Crippen molar-refractivity contribution in [1.29, 1.82) is 0 Å². The standard InChI is InChI=1S/C10H6ClI/c11-9-6-5-7-3-1-2-4-8(7)10(9)12/h1-6H. The van der Waals surface area contributed by atoms with Crippen molar-refractivity contribution in [3.63, 3.8) is 0 Å².